The van der Waals surface area contributed by atoms with Crippen LogP contribution in [0.5, 0.6) is 17.2 Å². The van der Waals surface area contributed by atoms with Crippen molar-refractivity contribution in [3.05, 3.63) is 89.0 Å². The molecule has 31 heavy (non-hydrogen) atoms. The molecule has 0 saturated heterocycles. The summed E-state index contributed by atoms with van der Waals surface area (Å²) < 4.78 is 16.5. The van der Waals surface area contributed by atoms with Gasteiger partial charge in [0.15, 0.2) is 21.4 Å². The third-order valence-corrected chi connectivity index (χ3v) is 8.44. The molecule has 5 rings (SSSR count). The van der Waals surface area contributed by atoms with Gasteiger partial charge in [-0.15, -0.1) is 0 Å². The summed E-state index contributed by atoms with van der Waals surface area (Å²) in [7, 11) is 3.24. The van der Waals surface area contributed by atoms with Crippen molar-refractivity contribution >= 4 is 23.2 Å². The van der Waals surface area contributed by atoms with Crippen LogP contribution in [0.3, 0.4) is 0 Å². The number of para-hydroxylation sites is 1. The summed E-state index contributed by atoms with van der Waals surface area (Å²) in [6.45, 7) is 4.25. The first kappa shape index (κ1) is 20.5. The van der Waals surface area contributed by atoms with Crippen molar-refractivity contribution in [3.8, 4) is 17.2 Å². The van der Waals surface area contributed by atoms with E-state index in [-0.39, 0.29) is 5.92 Å². The van der Waals surface area contributed by atoms with Gasteiger partial charge in [0.2, 0.25) is 0 Å². The van der Waals surface area contributed by atoms with Crippen LogP contribution in [0, 0.1) is 12.3 Å². The van der Waals surface area contributed by atoms with Crippen LogP contribution in [-0.2, 0) is 5.60 Å². The van der Waals surface area contributed by atoms with E-state index >= 15 is 0 Å². The van der Waals surface area contributed by atoms with Crippen molar-refractivity contribution < 1.29 is 14.2 Å². The van der Waals surface area contributed by atoms with Crippen molar-refractivity contribution in [1.29, 1.82) is 0 Å². The number of benzene rings is 3. The van der Waals surface area contributed by atoms with Gasteiger partial charge in [-0.3, -0.25) is 0 Å². The van der Waals surface area contributed by atoms with Gasteiger partial charge in [-0.05, 0) is 36.2 Å². The van der Waals surface area contributed by atoms with Crippen molar-refractivity contribution in [2.45, 2.75) is 29.7 Å². The lowest BCUT2D eigenvalue weighted by Gasteiger charge is -2.37. The largest absolute Gasteiger partial charge is 0.493 e. The number of halogens is 2. The van der Waals surface area contributed by atoms with Crippen molar-refractivity contribution in [1.82, 2.24) is 0 Å². The molecule has 5 heteroatoms. The maximum atomic E-state index is 7.17. The zero-order valence-electron chi connectivity index (χ0n) is 17.9. The maximum absolute atomic E-state index is 7.17. The Kier molecular flexibility index (Phi) is 4.52. The lowest BCUT2D eigenvalue weighted by atomic mass is 9.73. The Labute approximate surface area is 192 Å². The van der Waals surface area contributed by atoms with E-state index in [0.717, 1.165) is 16.9 Å². The second-order valence-electron chi connectivity index (χ2n) is 8.46. The lowest BCUT2D eigenvalue weighted by molar-refractivity contribution is 0.101. The van der Waals surface area contributed by atoms with Crippen LogP contribution in [0.25, 0.3) is 0 Å². The van der Waals surface area contributed by atoms with Gasteiger partial charge in [0.05, 0.1) is 19.6 Å². The van der Waals surface area contributed by atoms with E-state index in [1.165, 1.54) is 11.1 Å². The molecule has 2 aliphatic rings. The summed E-state index contributed by atoms with van der Waals surface area (Å²) >= 11 is 14.3. The van der Waals surface area contributed by atoms with Crippen LogP contribution in [0.2, 0.25) is 0 Å². The number of hydrogen-bond acceptors (Lipinski definition) is 3. The summed E-state index contributed by atoms with van der Waals surface area (Å²) in [5.74, 6) is 2.02. The average Bonchev–Trinajstić information content (AvgIpc) is 3.19. The van der Waals surface area contributed by atoms with Crippen molar-refractivity contribution in [3.63, 3.8) is 0 Å². The zero-order chi connectivity index (χ0) is 22.0. The summed E-state index contributed by atoms with van der Waals surface area (Å²) in [5.41, 5.74) is 2.81. The van der Waals surface area contributed by atoms with Gasteiger partial charge in [-0.1, -0.05) is 78.7 Å². The van der Waals surface area contributed by atoms with Gasteiger partial charge < -0.3 is 14.2 Å². The van der Waals surface area contributed by atoms with Crippen LogP contribution >= 0.6 is 23.2 Å². The van der Waals surface area contributed by atoms with Crippen LogP contribution in [-0.4, -0.2) is 18.6 Å². The molecule has 0 radical (unpaired) electrons. The highest BCUT2D eigenvalue weighted by atomic mass is 35.5. The summed E-state index contributed by atoms with van der Waals surface area (Å²) in [5, 5.41) is 0. The van der Waals surface area contributed by atoms with Crippen LogP contribution < -0.4 is 14.2 Å². The number of ether oxygens (including phenoxy) is 3. The predicted molar refractivity (Wildman–Crippen MR) is 124 cm³/mol. The molecule has 1 saturated carbocycles. The lowest BCUT2D eigenvalue weighted by Crippen LogP contribution is -2.33. The molecule has 1 heterocycles. The highest BCUT2D eigenvalue weighted by Crippen LogP contribution is 2.85. The van der Waals surface area contributed by atoms with Crippen LogP contribution in [0.15, 0.2) is 66.7 Å². The summed E-state index contributed by atoms with van der Waals surface area (Å²) in [6.07, 6.45) is 0. The molecule has 0 spiro atoms. The van der Waals surface area contributed by atoms with Gasteiger partial charge in [-0.25, -0.2) is 0 Å². The molecule has 160 valence electrons. The third kappa shape index (κ3) is 2.42. The average molecular weight is 455 g/mol. The molecule has 1 fully saturated rings. The molecule has 0 unspecified atom stereocenters. The van der Waals surface area contributed by atoms with Gasteiger partial charge in [0.1, 0.15) is 5.75 Å². The molecule has 0 N–H and O–H groups in total. The zero-order valence-corrected chi connectivity index (χ0v) is 19.4. The van der Waals surface area contributed by atoms with Gasteiger partial charge in [-0.2, -0.15) is 0 Å². The van der Waals surface area contributed by atoms with Gasteiger partial charge >= 0.3 is 0 Å². The summed E-state index contributed by atoms with van der Waals surface area (Å²) in [4.78, 5) is 0. The Morgan fingerprint density at radius 2 is 1.48 bits per heavy atom. The Balaban J connectivity index is 1.78. The quantitative estimate of drug-likeness (QED) is 0.414. The van der Waals surface area contributed by atoms with E-state index in [2.05, 4.69) is 44.2 Å². The van der Waals surface area contributed by atoms with Crippen molar-refractivity contribution in [2.75, 3.05) is 14.2 Å². The molecule has 0 aromatic heterocycles. The minimum atomic E-state index is -1.16. The van der Waals surface area contributed by atoms with E-state index in [9.17, 15) is 0 Å². The second kappa shape index (κ2) is 6.82. The maximum Gasteiger partial charge on any atom is 0.177 e. The van der Waals surface area contributed by atoms with Gasteiger partial charge in [0.25, 0.3) is 0 Å². The first-order valence-electron chi connectivity index (χ1n) is 10.3. The Morgan fingerprint density at radius 1 is 0.839 bits per heavy atom. The number of aryl methyl sites for hydroxylation is 1. The number of hydrogen-bond donors (Lipinski definition) is 0. The fourth-order valence-electron chi connectivity index (χ4n) is 5.44. The third-order valence-electron chi connectivity index (χ3n) is 7.12. The van der Waals surface area contributed by atoms with E-state index < -0.39 is 15.3 Å². The fraction of sp³-hybridized carbons (Fsp3) is 0.308. The second-order valence-corrected chi connectivity index (χ2v) is 9.78. The number of alkyl halides is 2. The molecule has 1 aliphatic heterocycles. The van der Waals surface area contributed by atoms with Crippen molar-refractivity contribution in [2.24, 2.45) is 5.41 Å². The predicted octanol–water partition coefficient (Wildman–Crippen LogP) is 6.63. The molecule has 0 bridgehead atoms. The van der Waals surface area contributed by atoms with E-state index in [1.54, 1.807) is 14.2 Å². The molecular weight excluding hydrogens is 431 g/mol. The first-order chi connectivity index (χ1) is 14.8. The molecular formula is C26H24Cl2O3. The molecule has 3 atom stereocenters. The fourth-order valence-corrected chi connectivity index (χ4v) is 6.52. The standard InChI is InChI=1S/C26H24Cl2O3/c1-16-9-5-6-10-18(16)23-19-11-7-8-12-20(19)31-25(24(23,2)26(25,27)28)17-13-14-21(29-3)22(15-17)30-4/h5-15,23H,1-4H3/t23-,24-,25+/m0/s1. The minimum absolute atomic E-state index is 0.0400. The summed E-state index contributed by atoms with van der Waals surface area (Å²) in [6, 6.07) is 22.3. The monoisotopic (exact) mass is 454 g/mol. The molecule has 3 aromatic rings. The van der Waals surface area contributed by atoms with E-state index in [0.29, 0.717) is 11.5 Å². The van der Waals surface area contributed by atoms with Crippen LogP contribution in [0.4, 0.5) is 0 Å². The number of methoxy groups -OCH3 is 2. The normalized spacial score (nSPS) is 27.5. The smallest absolute Gasteiger partial charge is 0.177 e. The van der Waals surface area contributed by atoms with E-state index in [4.69, 9.17) is 37.4 Å². The molecule has 3 aromatic carbocycles. The molecule has 0 amide bonds. The van der Waals surface area contributed by atoms with Gasteiger partial charge in [0, 0.05) is 17.0 Å². The highest BCUT2D eigenvalue weighted by Gasteiger charge is 2.91. The topological polar surface area (TPSA) is 27.7 Å². The number of rotatable bonds is 4. The molecule has 1 aliphatic carbocycles. The SMILES string of the molecule is COc1ccc([C@@]23Oc4ccccc4[C@H](c4ccccc4C)[C@]2(C)C3(Cl)Cl)cc1OC. The highest BCUT2D eigenvalue weighted by molar-refractivity contribution is 6.53. The first-order valence-corrected chi connectivity index (χ1v) is 11.0. The number of fused-ring (bicyclic) bond motifs is 2. The minimum Gasteiger partial charge on any atom is -0.493 e. The van der Waals surface area contributed by atoms with Crippen LogP contribution in [0.1, 0.15) is 35.1 Å². The van der Waals surface area contributed by atoms with E-state index in [1.807, 2.05) is 36.4 Å². The Hall–Kier alpha value is -2.36. The Morgan fingerprint density at radius 3 is 2.16 bits per heavy atom. The Bertz CT molecular complexity index is 1170. The molecule has 3 nitrogen and oxygen atoms in total.